The molecule has 0 saturated carbocycles. The molecule has 6 nitrogen and oxygen atoms in total. The van der Waals surface area contributed by atoms with Gasteiger partial charge in [0.05, 0.1) is 18.4 Å². The highest BCUT2D eigenvalue weighted by Gasteiger charge is 2.33. The minimum Gasteiger partial charge on any atom is -0.381 e. The van der Waals surface area contributed by atoms with Crippen molar-refractivity contribution in [1.82, 2.24) is 19.7 Å². The predicted molar refractivity (Wildman–Crippen MR) is 107 cm³/mol. The van der Waals surface area contributed by atoms with Crippen LogP contribution in [0, 0.1) is 0 Å². The molecule has 28 heavy (non-hydrogen) atoms. The van der Waals surface area contributed by atoms with Gasteiger partial charge in [0.15, 0.2) is 0 Å². The molecule has 150 valence electrons. The summed E-state index contributed by atoms with van der Waals surface area (Å²) < 4.78 is 13.6. The van der Waals surface area contributed by atoms with Gasteiger partial charge in [-0.1, -0.05) is 11.6 Å². The van der Waals surface area contributed by atoms with Gasteiger partial charge >= 0.3 is 0 Å². The average Bonchev–Trinajstić information content (AvgIpc) is 3.36. The van der Waals surface area contributed by atoms with E-state index >= 15 is 0 Å². The summed E-state index contributed by atoms with van der Waals surface area (Å²) in [5.74, 6) is 2.52. The molecule has 2 saturated heterocycles. The van der Waals surface area contributed by atoms with Crippen LogP contribution in [0.15, 0.2) is 18.2 Å². The Morgan fingerprint density at radius 1 is 1.14 bits per heavy atom. The first-order valence-electron chi connectivity index (χ1n) is 10.3. The summed E-state index contributed by atoms with van der Waals surface area (Å²) in [4.78, 5) is 2.60. The van der Waals surface area contributed by atoms with Crippen molar-refractivity contribution in [3.05, 3.63) is 40.4 Å². The van der Waals surface area contributed by atoms with Crippen molar-refractivity contribution in [2.45, 2.75) is 50.2 Å². The largest absolute Gasteiger partial charge is 0.381 e. The molecular weight excluding hydrogens is 376 g/mol. The van der Waals surface area contributed by atoms with E-state index in [0.29, 0.717) is 12.0 Å². The number of nitrogens with zero attached hydrogens (tertiary/aromatic N) is 4. The zero-order valence-corrected chi connectivity index (χ0v) is 17.1. The Bertz CT molecular complexity index is 841. The fraction of sp³-hybridized carbons (Fsp3) is 0.619. The smallest absolute Gasteiger partial charge is 0.140 e. The molecule has 3 aliphatic heterocycles. The SMILES string of the molecule is COC1Cc2cc(Cl)ccc2-n2c(nnc2C2CCN([C@@H]3CCOC3)CC2)C1. The van der Waals surface area contributed by atoms with Crippen LogP contribution in [-0.2, 0) is 22.3 Å². The van der Waals surface area contributed by atoms with Gasteiger partial charge in [0.25, 0.3) is 0 Å². The van der Waals surface area contributed by atoms with Crippen LogP contribution in [0.3, 0.4) is 0 Å². The van der Waals surface area contributed by atoms with Gasteiger partial charge in [-0.2, -0.15) is 0 Å². The molecule has 0 bridgehead atoms. The summed E-state index contributed by atoms with van der Waals surface area (Å²) in [7, 11) is 1.77. The van der Waals surface area contributed by atoms with Crippen LogP contribution >= 0.6 is 11.6 Å². The van der Waals surface area contributed by atoms with Gasteiger partial charge in [-0.25, -0.2) is 0 Å². The lowest BCUT2D eigenvalue weighted by Gasteiger charge is -2.35. The third-order valence-electron chi connectivity index (χ3n) is 6.55. The Balaban J connectivity index is 1.44. The highest BCUT2D eigenvalue weighted by Crippen LogP contribution is 2.34. The minimum atomic E-state index is 0.0970. The number of aromatic nitrogens is 3. The van der Waals surface area contributed by atoms with Crippen LogP contribution in [0.1, 0.15) is 42.4 Å². The first-order valence-corrected chi connectivity index (χ1v) is 10.7. The van der Waals surface area contributed by atoms with E-state index in [1.807, 2.05) is 6.07 Å². The minimum absolute atomic E-state index is 0.0970. The molecule has 7 heteroatoms. The van der Waals surface area contributed by atoms with E-state index < -0.39 is 0 Å². The summed E-state index contributed by atoms with van der Waals surface area (Å²) in [5, 5.41) is 9.99. The van der Waals surface area contributed by atoms with Crippen molar-refractivity contribution >= 4 is 11.6 Å². The standard InChI is InChI=1S/C21H27ClN4O2/c1-27-18-11-15-10-16(22)2-3-19(15)26-20(12-18)23-24-21(26)14-4-7-25(8-5-14)17-6-9-28-13-17/h2-3,10,14,17-18H,4-9,11-13H2,1H3/t17-,18?/m1/s1. The molecule has 0 radical (unpaired) electrons. The lowest BCUT2D eigenvalue weighted by molar-refractivity contribution is 0.103. The van der Waals surface area contributed by atoms with Gasteiger partial charge in [0.2, 0.25) is 0 Å². The van der Waals surface area contributed by atoms with Gasteiger partial charge in [-0.3, -0.25) is 9.47 Å². The third kappa shape index (κ3) is 3.36. The maximum atomic E-state index is 6.29. The third-order valence-corrected chi connectivity index (χ3v) is 6.78. The van der Waals surface area contributed by atoms with Crippen molar-refractivity contribution in [2.75, 3.05) is 33.4 Å². The zero-order chi connectivity index (χ0) is 19.1. The number of ether oxygens (including phenoxy) is 2. The molecule has 0 N–H and O–H groups in total. The normalized spacial score (nSPS) is 26.1. The molecule has 4 heterocycles. The molecule has 1 aromatic carbocycles. The lowest BCUT2D eigenvalue weighted by atomic mass is 9.94. The quantitative estimate of drug-likeness (QED) is 0.789. The number of fused-ring (bicyclic) bond motifs is 3. The number of likely N-dealkylation sites (tertiary alicyclic amines) is 1. The van der Waals surface area contributed by atoms with Crippen molar-refractivity contribution in [3.63, 3.8) is 0 Å². The predicted octanol–water partition coefficient (Wildman–Crippen LogP) is 3.00. The monoisotopic (exact) mass is 402 g/mol. The molecule has 0 aliphatic carbocycles. The molecule has 2 aromatic rings. The maximum absolute atomic E-state index is 6.29. The van der Waals surface area contributed by atoms with Crippen molar-refractivity contribution in [3.8, 4) is 5.69 Å². The topological polar surface area (TPSA) is 52.4 Å². The van der Waals surface area contributed by atoms with Crippen molar-refractivity contribution < 1.29 is 9.47 Å². The van der Waals surface area contributed by atoms with Gasteiger partial charge in [-0.05, 0) is 56.1 Å². The van der Waals surface area contributed by atoms with E-state index in [0.717, 1.165) is 80.8 Å². The fourth-order valence-electron chi connectivity index (χ4n) is 4.95. The van der Waals surface area contributed by atoms with E-state index in [-0.39, 0.29) is 6.10 Å². The van der Waals surface area contributed by atoms with Crippen LogP contribution in [0.2, 0.25) is 5.02 Å². The molecule has 1 unspecified atom stereocenters. The molecule has 2 fully saturated rings. The van der Waals surface area contributed by atoms with Crippen LogP contribution in [0.5, 0.6) is 0 Å². The second kappa shape index (κ2) is 7.75. The van der Waals surface area contributed by atoms with Crippen molar-refractivity contribution in [1.29, 1.82) is 0 Å². The summed E-state index contributed by atoms with van der Waals surface area (Å²) in [5.41, 5.74) is 2.37. The van der Waals surface area contributed by atoms with Crippen LogP contribution in [0.4, 0.5) is 0 Å². The first-order chi connectivity index (χ1) is 13.7. The Morgan fingerprint density at radius 2 is 2.00 bits per heavy atom. The number of piperidine rings is 1. The number of methoxy groups -OCH3 is 1. The van der Waals surface area contributed by atoms with Gasteiger partial charge in [0.1, 0.15) is 11.6 Å². The number of hydrogen-bond acceptors (Lipinski definition) is 5. The van der Waals surface area contributed by atoms with Gasteiger partial charge in [-0.15, -0.1) is 10.2 Å². The number of halogens is 1. The summed E-state index contributed by atoms with van der Waals surface area (Å²) in [6, 6.07) is 6.73. The Kier molecular flexibility index (Phi) is 5.13. The molecule has 1 aromatic heterocycles. The van der Waals surface area contributed by atoms with E-state index in [1.54, 1.807) is 7.11 Å². The number of hydrogen-bond donors (Lipinski definition) is 0. The average molecular weight is 403 g/mol. The fourth-order valence-corrected chi connectivity index (χ4v) is 5.14. The van der Waals surface area contributed by atoms with E-state index in [4.69, 9.17) is 21.1 Å². The summed E-state index contributed by atoms with van der Waals surface area (Å²) in [6.45, 7) is 4.00. The van der Waals surface area contributed by atoms with E-state index in [1.165, 1.54) is 5.56 Å². The molecular formula is C21H27ClN4O2. The summed E-state index contributed by atoms with van der Waals surface area (Å²) >= 11 is 6.29. The zero-order valence-electron chi connectivity index (χ0n) is 16.3. The maximum Gasteiger partial charge on any atom is 0.140 e. The lowest BCUT2D eigenvalue weighted by Crippen LogP contribution is -2.41. The molecule has 5 rings (SSSR count). The van der Waals surface area contributed by atoms with E-state index in [2.05, 4.69) is 31.8 Å². The Labute approximate surface area is 170 Å². The molecule has 3 aliphatic rings. The van der Waals surface area contributed by atoms with Gasteiger partial charge < -0.3 is 9.47 Å². The molecule has 0 spiro atoms. The number of rotatable bonds is 3. The Hall–Kier alpha value is -1.47. The van der Waals surface area contributed by atoms with Crippen molar-refractivity contribution in [2.24, 2.45) is 0 Å². The first kappa shape index (κ1) is 18.6. The molecule has 0 amide bonds. The second-order valence-electron chi connectivity index (χ2n) is 8.18. The van der Waals surface area contributed by atoms with Crippen LogP contribution in [-0.4, -0.2) is 65.2 Å². The number of benzene rings is 1. The summed E-state index contributed by atoms with van der Waals surface area (Å²) in [6.07, 6.45) is 5.11. The highest BCUT2D eigenvalue weighted by molar-refractivity contribution is 6.30. The molecule has 2 atom stereocenters. The van der Waals surface area contributed by atoms with Gasteiger partial charge in [0, 0.05) is 43.5 Å². The van der Waals surface area contributed by atoms with E-state index in [9.17, 15) is 0 Å². The Morgan fingerprint density at radius 3 is 2.75 bits per heavy atom. The second-order valence-corrected chi connectivity index (χ2v) is 8.61. The van der Waals surface area contributed by atoms with Crippen LogP contribution < -0.4 is 0 Å². The van der Waals surface area contributed by atoms with Crippen LogP contribution in [0.25, 0.3) is 5.69 Å². The highest BCUT2D eigenvalue weighted by atomic mass is 35.5.